The molecule has 1 atom stereocenters. The van der Waals surface area contributed by atoms with Crippen molar-refractivity contribution in [1.29, 1.82) is 0 Å². The van der Waals surface area contributed by atoms with Gasteiger partial charge in [-0.1, -0.05) is 17.5 Å². The van der Waals surface area contributed by atoms with Gasteiger partial charge in [-0.25, -0.2) is 4.79 Å². The van der Waals surface area contributed by atoms with Gasteiger partial charge in [0, 0.05) is 31.7 Å². The minimum atomic E-state index is -0.312. The minimum Gasteiger partial charge on any atom is -0.346 e. The number of anilines is 2. The Bertz CT molecular complexity index is 1060. The zero-order chi connectivity index (χ0) is 21.3. The molecule has 4 amide bonds. The molecule has 0 aliphatic carbocycles. The van der Waals surface area contributed by atoms with Crippen LogP contribution in [0.15, 0.2) is 30.3 Å². The van der Waals surface area contributed by atoms with E-state index in [0.29, 0.717) is 45.8 Å². The fourth-order valence-electron chi connectivity index (χ4n) is 3.59. The number of halogens is 1. The highest BCUT2D eigenvalue weighted by Crippen LogP contribution is 2.33. The standard InChI is InChI=1S/C21H19ClN4O3S/c1-2-15-5-7-18(30-15)20(28)24-13-10-19(27)26(12-13)14-4-6-17(16(22)11-14)25-9-3-8-23-21(25)29/h1,4-7,11,13H,3,8-10,12H2,(H,23,29)(H,24,28)/t13-/m1/s1. The lowest BCUT2D eigenvalue weighted by Crippen LogP contribution is -2.46. The second-order valence-electron chi connectivity index (χ2n) is 7.06. The van der Waals surface area contributed by atoms with Crippen LogP contribution >= 0.6 is 22.9 Å². The molecule has 154 valence electrons. The highest BCUT2D eigenvalue weighted by atomic mass is 35.5. The van der Waals surface area contributed by atoms with Crippen LogP contribution in [0.2, 0.25) is 5.02 Å². The van der Waals surface area contributed by atoms with Gasteiger partial charge in [0.2, 0.25) is 5.91 Å². The van der Waals surface area contributed by atoms with Gasteiger partial charge in [0.25, 0.3) is 5.91 Å². The number of thiophene rings is 1. The van der Waals surface area contributed by atoms with Crippen molar-refractivity contribution in [3.8, 4) is 12.3 Å². The zero-order valence-corrected chi connectivity index (χ0v) is 17.6. The molecule has 2 aliphatic rings. The number of nitrogens with one attached hydrogen (secondary N) is 2. The summed E-state index contributed by atoms with van der Waals surface area (Å²) in [4.78, 5) is 41.4. The van der Waals surface area contributed by atoms with Crippen molar-refractivity contribution < 1.29 is 14.4 Å². The fraction of sp³-hybridized carbons (Fsp3) is 0.286. The van der Waals surface area contributed by atoms with Crippen molar-refractivity contribution in [2.24, 2.45) is 0 Å². The molecule has 2 N–H and O–H groups in total. The molecule has 9 heteroatoms. The van der Waals surface area contributed by atoms with Crippen LogP contribution < -0.4 is 20.4 Å². The van der Waals surface area contributed by atoms with E-state index < -0.39 is 0 Å². The summed E-state index contributed by atoms with van der Waals surface area (Å²) in [5.74, 6) is 2.16. The van der Waals surface area contributed by atoms with Crippen LogP contribution in [0.4, 0.5) is 16.2 Å². The summed E-state index contributed by atoms with van der Waals surface area (Å²) < 4.78 is 0. The fourth-order valence-corrected chi connectivity index (χ4v) is 4.59. The normalized spacial score (nSPS) is 18.9. The summed E-state index contributed by atoms with van der Waals surface area (Å²) in [5.41, 5.74) is 1.24. The van der Waals surface area contributed by atoms with E-state index in [-0.39, 0.29) is 30.3 Å². The summed E-state index contributed by atoms with van der Waals surface area (Å²) >= 11 is 7.66. The van der Waals surface area contributed by atoms with E-state index in [1.807, 2.05) is 0 Å². The van der Waals surface area contributed by atoms with E-state index in [4.69, 9.17) is 18.0 Å². The molecule has 0 spiro atoms. The second kappa shape index (κ2) is 8.38. The first kappa shape index (κ1) is 20.3. The van der Waals surface area contributed by atoms with Crippen LogP contribution in [0.5, 0.6) is 0 Å². The summed E-state index contributed by atoms with van der Waals surface area (Å²) in [5, 5.41) is 6.08. The van der Waals surface area contributed by atoms with Gasteiger partial charge in [0.05, 0.1) is 26.5 Å². The van der Waals surface area contributed by atoms with Gasteiger partial charge in [0.1, 0.15) is 0 Å². The number of hydrogen-bond acceptors (Lipinski definition) is 4. The van der Waals surface area contributed by atoms with Crippen molar-refractivity contribution >= 4 is 52.2 Å². The third-order valence-corrected chi connectivity index (χ3v) is 6.36. The van der Waals surface area contributed by atoms with Crippen molar-refractivity contribution in [2.45, 2.75) is 18.9 Å². The van der Waals surface area contributed by atoms with Gasteiger partial charge in [-0.2, -0.15) is 0 Å². The number of rotatable bonds is 4. The first-order valence-electron chi connectivity index (χ1n) is 9.49. The third kappa shape index (κ3) is 3.99. The zero-order valence-electron chi connectivity index (χ0n) is 16.0. The Morgan fingerprint density at radius 1 is 1.27 bits per heavy atom. The molecule has 30 heavy (non-hydrogen) atoms. The molecule has 2 saturated heterocycles. The molecule has 0 unspecified atom stereocenters. The second-order valence-corrected chi connectivity index (χ2v) is 8.55. The van der Waals surface area contributed by atoms with Crippen LogP contribution in [0.25, 0.3) is 0 Å². The number of hydrogen-bond donors (Lipinski definition) is 2. The molecule has 0 radical (unpaired) electrons. The van der Waals surface area contributed by atoms with Crippen molar-refractivity contribution in [3.63, 3.8) is 0 Å². The van der Waals surface area contributed by atoms with Gasteiger partial charge in [-0.15, -0.1) is 17.8 Å². The highest BCUT2D eigenvalue weighted by molar-refractivity contribution is 7.14. The van der Waals surface area contributed by atoms with Crippen LogP contribution in [-0.4, -0.2) is 43.5 Å². The van der Waals surface area contributed by atoms with E-state index in [9.17, 15) is 14.4 Å². The molecule has 7 nitrogen and oxygen atoms in total. The maximum atomic E-state index is 12.5. The lowest BCUT2D eigenvalue weighted by molar-refractivity contribution is -0.117. The maximum absolute atomic E-state index is 12.5. The van der Waals surface area contributed by atoms with Gasteiger partial charge >= 0.3 is 6.03 Å². The van der Waals surface area contributed by atoms with Gasteiger partial charge < -0.3 is 15.5 Å². The van der Waals surface area contributed by atoms with Gasteiger partial charge in [0.15, 0.2) is 0 Å². The molecular weight excluding hydrogens is 424 g/mol. The molecule has 0 bridgehead atoms. The number of terminal acetylenes is 1. The number of carbonyl (C=O) groups excluding carboxylic acids is 3. The largest absolute Gasteiger partial charge is 0.346 e. The van der Waals surface area contributed by atoms with Crippen molar-refractivity contribution in [2.75, 3.05) is 29.4 Å². The summed E-state index contributed by atoms with van der Waals surface area (Å²) in [6, 6.07) is 8.10. The Labute approximate surface area is 183 Å². The van der Waals surface area contributed by atoms with E-state index in [1.165, 1.54) is 11.3 Å². The molecule has 1 aromatic carbocycles. The minimum absolute atomic E-state index is 0.102. The highest BCUT2D eigenvalue weighted by Gasteiger charge is 2.32. The lowest BCUT2D eigenvalue weighted by atomic mass is 10.2. The third-order valence-electron chi connectivity index (χ3n) is 5.05. The Hall–Kier alpha value is -3.02. The summed E-state index contributed by atoms with van der Waals surface area (Å²) in [6.07, 6.45) is 6.38. The molecule has 4 rings (SSSR count). The molecule has 0 saturated carbocycles. The van der Waals surface area contributed by atoms with Crippen LogP contribution in [-0.2, 0) is 4.79 Å². The Kier molecular flexibility index (Phi) is 5.66. The van der Waals surface area contributed by atoms with Crippen molar-refractivity contribution in [1.82, 2.24) is 10.6 Å². The molecule has 3 heterocycles. The lowest BCUT2D eigenvalue weighted by Gasteiger charge is -2.28. The average Bonchev–Trinajstić information content (AvgIpc) is 3.35. The number of benzene rings is 1. The molecule has 2 aromatic rings. The number of urea groups is 1. The van der Waals surface area contributed by atoms with Gasteiger partial charge in [-0.05, 0) is 36.8 Å². The summed E-state index contributed by atoms with van der Waals surface area (Å²) in [7, 11) is 0. The SMILES string of the molecule is C#Cc1ccc(C(=O)N[C@@H]2CC(=O)N(c3ccc(N4CCCNC4=O)c(Cl)c3)C2)s1. The number of amides is 4. The van der Waals surface area contributed by atoms with E-state index in [0.717, 1.165) is 6.42 Å². The monoisotopic (exact) mass is 442 g/mol. The average molecular weight is 443 g/mol. The van der Waals surface area contributed by atoms with E-state index in [2.05, 4.69) is 16.6 Å². The maximum Gasteiger partial charge on any atom is 0.321 e. The van der Waals surface area contributed by atoms with Crippen LogP contribution in [0.3, 0.4) is 0 Å². The summed E-state index contributed by atoms with van der Waals surface area (Å²) in [6.45, 7) is 1.58. The van der Waals surface area contributed by atoms with Crippen LogP contribution in [0, 0.1) is 12.3 Å². The van der Waals surface area contributed by atoms with E-state index >= 15 is 0 Å². The number of nitrogens with zero attached hydrogens (tertiary/aromatic N) is 2. The van der Waals surface area contributed by atoms with E-state index in [1.54, 1.807) is 40.1 Å². The van der Waals surface area contributed by atoms with Crippen molar-refractivity contribution in [3.05, 3.63) is 45.1 Å². The topological polar surface area (TPSA) is 81.8 Å². The van der Waals surface area contributed by atoms with Crippen LogP contribution in [0.1, 0.15) is 27.4 Å². The molecular formula is C21H19ClN4O3S. The molecule has 2 fully saturated rings. The quantitative estimate of drug-likeness (QED) is 0.714. The van der Waals surface area contributed by atoms with Gasteiger partial charge in [-0.3, -0.25) is 14.5 Å². The number of carbonyl (C=O) groups is 3. The predicted molar refractivity (Wildman–Crippen MR) is 117 cm³/mol. The molecule has 2 aliphatic heterocycles. The first-order chi connectivity index (χ1) is 14.5. The Morgan fingerprint density at radius 3 is 2.80 bits per heavy atom. The Morgan fingerprint density at radius 2 is 2.10 bits per heavy atom. The molecule has 1 aromatic heterocycles. The Balaban J connectivity index is 1.45. The predicted octanol–water partition coefficient (Wildman–Crippen LogP) is 2.84. The smallest absolute Gasteiger partial charge is 0.321 e. The first-order valence-corrected chi connectivity index (χ1v) is 10.7.